The van der Waals surface area contributed by atoms with Gasteiger partial charge >= 0.3 is 0 Å². The molecule has 1 aromatic rings. The molecule has 2 rings (SSSR count). The first-order valence-electron chi connectivity index (χ1n) is 8.02. The van der Waals surface area contributed by atoms with Crippen molar-refractivity contribution in [1.82, 2.24) is 5.32 Å². The Kier molecular flexibility index (Phi) is 4.25. The largest absolute Gasteiger partial charge is 0.368 e. The van der Waals surface area contributed by atoms with Crippen LogP contribution in [0.25, 0.3) is 0 Å². The smallest absolute Gasteiger partial charge is 0.0787 e. The third-order valence-electron chi connectivity index (χ3n) is 4.44. The second-order valence-electron chi connectivity index (χ2n) is 8.60. The van der Waals surface area contributed by atoms with Crippen LogP contribution < -0.4 is 5.32 Å². The minimum Gasteiger partial charge on any atom is -0.368 e. The molecule has 1 fully saturated rings. The van der Waals surface area contributed by atoms with Crippen molar-refractivity contribution < 1.29 is 4.74 Å². The summed E-state index contributed by atoms with van der Waals surface area (Å²) in [4.78, 5) is 0. The summed E-state index contributed by atoms with van der Waals surface area (Å²) in [6.07, 6.45) is 1.04. The Morgan fingerprint density at radius 3 is 2.10 bits per heavy atom. The first-order chi connectivity index (χ1) is 9.51. The molecule has 118 valence electrons. The van der Waals surface area contributed by atoms with E-state index in [4.69, 9.17) is 4.74 Å². The fourth-order valence-electron chi connectivity index (χ4n) is 3.51. The monoisotopic (exact) mass is 289 g/mol. The first kappa shape index (κ1) is 16.5. The van der Waals surface area contributed by atoms with Crippen LogP contribution >= 0.6 is 0 Å². The van der Waals surface area contributed by atoms with Gasteiger partial charge in [0.1, 0.15) is 0 Å². The van der Waals surface area contributed by atoms with Gasteiger partial charge in [0.05, 0.1) is 11.2 Å². The Hall–Kier alpha value is -0.860. The lowest BCUT2D eigenvalue weighted by atomic mass is 9.80. The van der Waals surface area contributed by atoms with Gasteiger partial charge < -0.3 is 10.1 Å². The Labute approximate surface area is 130 Å². The van der Waals surface area contributed by atoms with E-state index >= 15 is 0 Å². The summed E-state index contributed by atoms with van der Waals surface area (Å²) in [6.45, 7) is 15.7. The lowest BCUT2D eigenvalue weighted by molar-refractivity contribution is -0.0712. The fourth-order valence-corrected chi connectivity index (χ4v) is 3.51. The highest BCUT2D eigenvalue weighted by Crippen LogP contribution is 2.41. The second-order valence-corrected chi connectivity index (χ2v) is 8.60. The molecule has 1 aromatic carbocycles. The predicted octanol–water partition coefficient (Wildman–Crippen LogP) is 4.71. The molecule has 0 spiro atoms. The molecule has 1 aliphatic rings. The molecule has 0 saturated carbocycles. The zero-order valence-electron chi connectivity index (χ0n) is 14.7. The van der Waals surface area contributed by atoms with Crippen LogP contribution in [0.2, 0.25) is 0 Å². The van der Waals surface area contributed by atoms with Crippen LogP contribution in [0.1, 0.15) is 66.5 Å². The number of hydrogen-bond donors (Lipinski definition) is 1. The molecule has 2 nitrogen and oxygen atoms in total. The van der Waals surface area contributed by atoms with Crippen LogP contribution in [0.5, 0.6) is 0 Å². The molecule has 2 heteroatoms. The molecule has 0 amide bonds. The van der Waals surface area contributed by atoms with Crippen LogP contribution in [-0.2, 0) is 4.74 Å². The zero-order valence-corrected chi connectivity index (χ0v) is 14.7. The third-order valence-corrected chi connectivity index (χ3v) is 4.44. The molecule has 1 saturated heterocycles. The van der Waals surface area contributed by atoms with Gasteiger partial charge in [-0.3, -0.25) is 0 Å². The molecule has 2 unspecified atom stereocenters. The van der Waals surface area contributed by atoms with Crippen molar-refractivity contribution in [1.29, 1.82) is 0 Å². The third kappa shape index (κ3) is 3.87. The van der Waals surface area contributed by atoms with E-state index in [1.165, 1.54) is 5.56 Å². The van der Waals surface area contributed by atoms with Crippen molar-refractivity contribution in [3.8, 4) is 0 Å². The molecular formula is C19H31NO. The molecule has 21 heavy (non-hydrogen) atoms. The van der Waals surface area contributed by atoms with Crippen LogP contribution in [0.4, 0.5) is 0 Å². The van der Waals surface area contributed by atoms with Gasteiger partial charge in [-0.25, -0.2) is 0 Å². The van der Waals surface area contributed by atoms with Crippen molar-refractivity contribution in [2.45, 2.75) is 78.2 Å². The molecular weight excluding hydrogens is 258 g/mol. The van der Waals surface area contributed by atoms with Gasteiger partial charge in [-0.1, -0.05) is 51.1 Å². The molecule has 0 radical (unpaired) electrons. The molecule has 1 heterocycles. The highest BCUT2D eigenvalue weighted by Gasteiger charge is 2.47. The van der Waals surface area contributed by atoms with Gasteiger partial charge in [0, 0.05) is 12.1 Å². The molecule has 0 aromatic heterocycles. The Morgan fingerprint density at radius 1 is 1.10 bits per heavy atom. The van der Waals surface area contributed by atoms with Gasteiger partial charge in [-0.15, -0.1) is 0 Å². The molecule has 1 N–H and O–H groups in total. The average Bonchev–Trinajstić information content (AvgIpc) is 2.53. The number of benzene rings is 1. The Morgan fingerprint density at radius 2 is 1.67 bits per heavy atom. The fraction of sp³-hybridized carbons (Fsp3) is 0.684. The Bertz CT molecular complexity index is 470. The summed E-state index contributed by atoms with van der Waals surface area (Å²) in [5.41, 5.74) is 1.32. The SMILES string of the molecule is CC1(C)CC(NC(c2ccccc2)C(C)(C)C)C(C)(C)O1. The minimum atomic E-state index is -0.137. The van der Waals surface area contributed by atoms with Gasteiger partial charge in [0.25, 0.3) is 0 Å². The van der Waals surface area contributed by atoms with Crippen LogP contribution in [0, 0.1) is 5.41 Å². The van der Waals surface area contributed by atoms with Crippen molar-refractivity contribution in [3.05, 3.63) is 35.9 Å². The van der Waals surface area contributed by atoms with Crippen molar-refractivity contribution >= 4 is 0 Å². The van der Waals surface area contributed by atoms with E-state index in [1.54, 1.807) is 0 Å². The number of hydrogen-bond acceptors (Lipinski definition) is 2. The molecule has 1 aliphatic heterocycles. The molecule has 0 aliphatic carbocycles. The average molecular weight is 289 g/mol. The van der Waals surface area contributed by atoms with Gasteiger partial charge in [-0.05, 0) is 45.1 Å². The number of nitrogens with one attached hydrogen (secondary N) is 1. The maximum atomic E-state index is 6.24. The van der Waals surface area contributed by atoms with Crippen LogP contribution in [-0.4, -0.2) is 17.2 Å². The van der Waals surface area contributed by atoms with Crippen molar-refractivity contribution in [3.63, 3.8) is 0 Å². The molecule has 0 bridgehead atoms. The molecule has 2 atom stereocenters. The van der Waals surface area contributed by atoms with Crippen LogP contribution in [0.15, 0.2) is 30.3 Å². The van der Waals surface area contributed by atoms with E-state index in [0.29, 0.717) is 12.1 Å². The normalized spacial score (nSPS) is 25.8. The predicted molar refractivity (Wildman–Crippen MR) is 89.4 cm³/mol. The van der Waals surface area contributed by atoms with Gasteiger partial charge in [0.2, 0.25) is 0 Å². The summed E-state index contributed by atoms with van der Waals surface area (Å²) >= 11 is 0. The van der Waals surface area contributed by atoms with E-state index in [1.807, 2.05) is 0 Å². The van der Waals surface area contributed by atoms with Gasteiger partial charge in [0.15, 0.2) is 0 Å². The van der Waals surface area contributed by atoms with Crippen molar-refractivity contribution in [2.75, 3.05) is 0 Å². The van der Waals surface area contributed by atoms with E-state index < -0.39 is 0 Å². The van der Waals surface area contributed by atoms with Crippen LogP contribution in [0.3, 0.4) is 0 Å². The summed E-state index contributed by atoms with van der Waals surface area (Å²) in [7, 11) is 0. The van der Waals surface area contributed by atoms with E-state index in [9.17, 15) is 0 Å². The highest BCUT2D eigenvalue weighted by molar-refractivity contribution is 5.21. The standard InChI is InChI=1S/C19H31NO/c1-17(2,3)16(14-11-9-8-10-12-14)20-15-13-18(4,5)21-19(15,6)7/h8-12,15-16,20H,13H2,1-7H3. The lowest BCUT2D eigenvalue weighted by Gasteiger charge is -2.37. The first-order valence-corrected chi connectivity index (χ1v) is 8.02. The van der Waals surface area contributed by atoms with E-state index in [0.717, 1.165) is 6.42 Å². The minimum absolute atomic E-state index is 0.0553. The Balaban J connectivity index is 2.25. The van der Waals surface area contributed by atoms with E-state index in [-0.39, 0.29) is 16.6 Å². The van der Waals surface area contributed by atoms with E-state index in [2.05, 4.69) is 84.1 Å². The lowest BCUT2D eigenvalue weighted by Crippen LogP contribution is -2.47. The number of rotatable bonds is 3. The summed E-state index contributed by atoms with van der Waals surface area (Å²) in [6, 6.07) is 11.4. The summed E-state index contributed by atoms with van der Waals surface area (Å²) in [5.74, 6) is 0. The maximum Gasteiger partial charge on any atom is 0.0787 e. The maximum absolute atomic E-state index is 6.24. The number of ether oxygens (including phenoxy) is 1. The van der Waals surface area contributed by atoms with Gasteiger partial charge in [-0.2, -0.15) is 0 Å². The topological polar surface area (TPSA) is 21.3 Å². The van der Waals surface area contributed by atoms with Crippen molar-refractivity contribution in [2.24, 2.45) is 5.41 Å². The zero-order chi connectivity index (χ0) is 15.9. The summed E-state index contributed by atoms with van der Waals surface area (Å²) in [5, 5.41) is 3.89. The highest BCUT2D eigenvalue weighted by atomic mass is 16.5. The second kappa shape index (κ2) is 5.40. The summed E-state index contributed by atoms with van der Waals surface area (Å²) < 4.78 is 6.24. The quantitative estimate of drug-likeness (QED) is 0.870.